The van der Waals surface area contributed by atoms with Gasteiger partial charge >= 0.3 is 0 Å². The van der Waals surface area contributed by atoms with Crippen molar-refractivity contribution >= 4 is 11.6 Å². The number of nitrogens with one attached hydrogen (secondary N) is 1. The van der Waals surface area contributed by atoms with Gasteiger partial charge in [0.2, 0.25) is 0 Å². The van der Waals surface area contributed by atoms with E-state index in [0.717, 1.165) is 29.3 Å². The first-order valence-corrected chi connectivity index (χ1v) is 7.74. The Hall–Kier alpha value is -0.730. The maximum atomic E-state index is 6.16. The van der Waals surface area contributed by atoms with Gasteiger partial charge in [0, 0.05) is 16.6 Å². The molecule has 0 aliphatic carbocycles. The Labute approximate surface area is 128 Å². The minimum atomic E-state index is 0.267. The fourth-order valence-electron chi connectivity index (χ4n) is 2.25. The Morgan fingerprint density at radius 2 is 1.95 bits per heavy atom. The Bertz CT molecular complexity index is 425. The summed E-state index contributed by atoms with van der Waals surface area (Å²) in [5.41, 5.74) is 1.44. The lowest BCUT2D eigenvalue weighted by atomic mass is 9.77. The molecule has 0 amide bonds. The molecule has 0 fully saturated rings. The number of rotatable bonds is 6. The smallest absolute Gasteiger partial charge is 0.123 e. The summed E-state index contributed by atoms with van der Waals surface area (Å²) in [4.78, 5) is 0. The maximum Gasteiger partial charge on any atom is 0.123 e. The summed E-state index contributed by atoms with van der Waals surface area (Å²) in [6.45, 7) is 12.2. The van der Waals surface area contributed by atoms with Gasteiger partial charge in [-0.15, -0.1) is 0 Å². The van der Waals surface area contributed by atoms with Gasteiger partial charge in [-0.3, -0.25) is 0 Å². The summed E-state index contributed by atoms with van der Waals surface area (Å²) in [6, 6.07) is 6.11. The zero-order valence-corrected chi connectivity index (χ0v) is 14.3. The van der Waals surface area contributed by atoms with Crippen molar-refractivity contribution in [3.05, 3.63) is 28.8 Å². The van der Waals surface area contributed by atoms with Gasteiger partial charge in [-0.1, -0.05) is 46.2 Å². The molecule has 0 saturated heterocycles. The first-order chi connectivity index (χ1) is 9.29. The number of hydrogen-bond donors (Lipinski definition) is 1. The Morgan fingerprint density at radius 3 is 2.45 bits per heavy atom. The predicted molar refractivity (Wildman–Crippen MR) is 87.7 cm³/mol. The summed E-state index contributed by atoms with van der Waals surface area (Å²) in [6.07, 6.45) is 1.06. The number of methoxy groups -OCH3 is 1. The first-order valence-electron chi connectivity index (χ1n) is 7.36. The van der Waals surface area contributed by atoms with Crippen molar-refractivity contribution in [3.63, 3.8) is 0 Å². The van der Waals surface area contributed by atoms with Crippen LogP contribution in [0.4, 0.5) is 0 Å². The highest BCUT2D eigenvalue weighted by atomic mass is 35.5. The second-order valence-electron chi connectivity index (χ2n) is 6.50. The van der Waals surface area contributed by atoms with Crippen LogP contribution in [0.15, 0.2) is 18.2 Å². The van der Waals surface area contributed by atoms with Crippen LogP contribution in [0.25, 0.3) is 0 Å². The number of benzene rings is 1. The molecule has 0 aliphatic heterocycles. The molecule has 0 aliphatic rings. The summed E-state index contributed by atoms with van der Waals surface area (Å²) in [5.74, 6) is 1.50. The molecule has 2 unspecified atom stereocenters. The molecular formula is C17H28ClNO. The van der Waals surface area contributed by atoms with Gasteiger partial charge in [-0.05, 0) is 42.5 Å². The van der Waals surface area contributed by atoms with Crippen LogP contribution in [0, 0.1) is 11.3 Å². The highest BCUT2D eigenvalue weighted by Gasteiger charge is 2.25. The molecule has 1 rings (SSSR count). The molecule has 2 nitrogen and oxygen atoms in total. The first kappa shape index (κ1) is 17.3. The second-order valence-corrected chi connectivity index (χ2v) is 6.94. The maximum absolute atomic E-state index is 6.16. The van der Waals surface area contributed by atoms with Gasteiger partial charge in [-0.25, -0.2) is 0 Å². The van der Waals surface area contributed by atoms with Crippen LogP contribution in [-0.4, -0.2) is 13.7 Å². The minimum Gasteiger partial charge on any atom is -0.496 e. The second kappa shape index (κ2) is 7.33. The number of halogens is 1. The normalized spacial score (nSPS) is 14.9. The third kappa shape index (κ3) is 4.68. The average molecular weight is 298 g/mol. The molecule has 0 bridgehead atoms. The third-order valence-corrected chi connectivity index (χ3v) is 4.32. The van der Waals surface area contributed by atoms with Gasteiger partial charge in [-0.2, -0.15) is 0 Å². The summed E-state index contributed by atoms with van der Waals surface area (Å²) in [5, 5.41) is 4.32. The fraction of sp³-hybridized carbons (Fsp3) is 0.647. The summed E-state index contributed by atoms with van der Waals surface area (Å²) >= 11 is 6.16. The quantitative estimate of drug-likeness (QED) is 0.791. The molecule has 0 heterocycles. The fourth-order valence-corrected chi connectivity index (χ4v) is 2.43. The molecule has 0 radical (unpaired) electrons. The van der Waals surface area contributed by atoms with E-state index < -0.39 is 0 Å². The van der Waals surface area contributed by atoms with Crippen LogP contribution < -0.4 is 10.1 Å². The molecule has 2 atom stereocenters. The van der Waals surface area contributed by atoms with E-state index in [-0.39, 0.29) is 6.04 Å². The molecule has 20 heavy (non-hydrogen) atoms. The average Bonchev–Trinajstić information content (AvgIpc) is 2.37. The van der Waals surface area contributed by atoms with Crippen LogP contribution in [0.2, 0.25) is 5.02 Å². The molecule has 1 aromatic rings. The molecule has 0 saturated carbocycles. The standard InChI is InChI=1S/C17H28ClNO/c1-7-19-15(10-12(2)17(3,4)5)14-11-13(18)8-9-16(14)20-6/h8-9,11-12,15,19H,7,10H2,1-6H3. The van der Waals surface area contributed by atoms with Crippen molar-refractivity contribution in [2.24, 2.45) is 11.3 Å². The van der Waals surface area contributed by atoms with Crippen LogP contribution in [-0.2, 0) is 0 Å². The SMILES string of the molecule is CCNC(CC(C)C(C)(C)C)c1cc(Cl)ccc1OC. The topological polar surface area (TPSA) is 21.3 Å². The molecule has 1 N–H and O–H groups in total. The van der Waals surface area contributed by atoms with E-state index in [1.807, 2.05) is 18.2 Å². The number of ether oxygens (including phenoxy) is 1. The Balaban J connectivity index is 3.04. The van der Waals surface area contributed by atoms with E-state index in [2.05, 4.69) is 39.9 Å². The molecule has 0 spiro atoms. The zero-order valence-electron chi connectivity index (χ0n) is 13.6. The lowest BCUT2D eigenvalue weighted by Crippen LogP contribution is -2.27. The van der Waals surface area contributed by atoms with Gasteiger partial charge in [0.15, 0.2) is 0 Å². The van der Waals surface area contributed by atoms with Crippen molar-refractivity contribution < 1.29 is 4.74 Å². The summed E-state index contributed by atoms with van der Waals surface area (Å²) < 4.78 is 5.50. The monoisotopic (exact) mass is 297 g/mol. The van der Waals surface area contributed by atoms with Gasteiger partial charge in [0.1, 0.15) is 5.75 Å². The van der Waals surface area contributed by atoms with E-state index in [1.165, 1.54) is 0 Å². The van der Waals surface area contributed by atoms with Crippen LogP contribution in [0.5, 0.6) is 5.75 Å². The molecular weight excluding hydrogens is 270 g/mol. The van der Waals surface area contributed by atoms with Crippen LogP contribution >= 0.6 is 11.6 Å². The van der Waals surface area contributed by atoms with Crippen molar-refractivity contribution in [1.82, 2.24) is 5.32 Å². The minimum absolute atomic E-state index is 0.267. The van der Waals surface area contributed by atoms with E-state index in [4.69, 9.17) is 16.3 Å². The largest absolute Gasteiger partial charge is 0.496 e. The zero-order chi connectivity index (χ0) is 15.3. The van der Waals surface area contributed by atoms with Gasteiger partial charge in [0.05, 0.1) is 7.11 Å². The van der Waals surface area contributed by atoms with E-state index >= 15 is 0 Å². The Kier molecular flexibility index (Phi) is 6.35. The van der Waals surface area contributed by atoms with E-state index in [1.54, 1.807) is 7.11 Å². The van der Waals surface area contributed by atoms with Crippen LogP contribution in [0.3, 0.4) is 0 Å². The highest BCUT2D eigenvalue weighted by Crippen LogP contribution is 2.37. The van der Waals surface area contributed by atoms with Crippen LogP contribution in [0.1, 0.15) is 52.6 Å². The lowest BCUT2D eigenvalue weighted by Gasteiger charge is -2.32. The Morgan fingerprint density at radius 1 is 1.30 bits per heavy atom. The summed E-state index contributed by atoms with van der Waals surface area (Å²) in [7, 11) is 1.71. The molecule has 0 aromatic heterocycles. The highest BCUT2D eigenvalue weighted by molar-refractivity contribution is 6.30. The van der Waals surface area contributed by atoms with Gasteiger partial charge < -0.3 is 10.1 Å². The molecule has 114 valence electrons. The molecule has 3 heteroatoms. The molecule has 1 aromatic carbocycles. The predicted octanol–water partition coefficient (Wildman–Crippen LogP) is 5.07. The lowest BCUT2D eigenvalue weighted by molar-refractivity contribution is 0.222. The van der Waals surface area contributed by atoms with Crippen molar-refractivity contribution in [3.8, 4) is 5.75 Å². The van der Waals surface area contributed by atoms with Crippen molar-refractivity contribution in [1.29, 1.82) is 0 Å². The van der Waals surface area contributed by atoms with E-state index in [9.17, 15) is 0 Å². The van der Waals surface area contributed by atoms with Crippen molar-refractivity contribution in [2.75, 3.05) is 13.7 Å². The van der Waals surface area contributed by atoms with E-state index in [0.29, 0.717) is 11.3 Å². The van der Waals surface area contributed by atoms with Crippen molar-refractivity contribution in [2.45, 2.75) is 47.1 Å². The van der Waals surface area contributed by atoms with Gasteiger partial charge in [0.25, 0.3) is 0 Å². The third-order valence-electron chi connectivity index (χ3n) is 4.09. The number of hydrogen-bond acceptors (Lipinski definition) is 2.